The Bertz CT molecular complexity index is 640. The number of carbonyl (C=O) groups is 1. The molecule has 1 aliphatic heterocycles. The van der Waals surface area contributed by atoms with Crippen LogP contribution in [0.5, 0.6) is 5.75 Å². The third-order valence-electron chi connectivity index (χ3n) is 6.52. The highest BCUT2D eigenvalue weighted by molar-refractivity contribution is 5.69. The number of hydrogen-bond donors (Lipinski definition) is 1. The van der Waals surface area contributed by atoms with Crippen LogP contribution in [-0.2, 0) is 21.4 Å². The van der Waals surface area contributed by atoms with E-state index in [2.05, 4.69) is 17.4 Å². The molecule has 4 nitrogen and oxygen atoms in total. The van der Waals surface area contributed by atoms with Crippen LogP contribution in [0.2, 0.25) is 0 Å². The van der Waals surface area contributed by atoms with E-state index < -0.39 is 0 Å². The molecule has 4 rings (SSSR count). The van der Waals surface area contributed by atoms with Crippen molar-refractivity contribution in [1.82, 2.24) is 5.32 Å². The number of nitrogens with one attached hydrogen (secondary N) is 1. The van der Waals surface area contributed by atoms with E-state index in [-0.39, 0.29) is 12.8 Å². The van der Waals surface area contributed by atoms with Crippen LogP contribution >= 0.6 is 0 Å². The summed E-state index contributed by atoms with van der Waals surface area (Å²) in [6.45, 7) is 3.11. The summed E-state index contributed by atoms with van der Waals surface area (Å²) in [5, 5.41) is 3.77. The third kappa shape index (κ3) is 3.05. The summed E-state index contributed by atoms with van der Waals surface area (Å²) in [6.07, 6.45) is 8.97. The Kier molecular flexibility index (Phi) is 4.72. The van der Waals surface area contributed by atoms with Crippen molar-refractivity contribution < 1.29 is 14.3 Å². The second-order valence-electron chi connectivity index (χ2n) is 7.87. The van der Waals surface area contributed by atoms with Crippen molar-refractivity contribution in [2.75, 3.05) is 13.3 Å². The summed E-state index contributed by atoms with van der Waals surface area (Å²) in [5.74, 6) is 1.41. The van der Waals surface area contributed by atoms with E-state index in [0.29, 0.717) is 17.9 Å². The Labute approximate surface area is 150 Å². The predicted molar refractivity (Wildman–Crippen MR) is 96.7 cm³/mol. The molecule has 3 atom stereocenters. The number of benzene rings is 1. The van der Waals surface area contributed by atoms with E-state index >= 15 is 0 Å². The fourth-order valence-corrected chi connectivity index (χ4v) is 5.43. The molecule has 1 saturated carbocycles. The summed E-state index contributed by atoms with van der Waals surface area (Å²) >= 11 is 0. The van der Waals surface area contributed by atoms with E-state index in [0.717, 1.165) is 31.1 Å². The molecule has 0 unspecified atom stereocenters. The van der Waals surface area contributed by atoms with Gasteiger partial charge in [-0.25, -0.2) is 0 Å². The molecule has 2 aliphatic carbocycles. The number of ether oxygens (including phenoxy) is 2. The van der Waals surface area contributed by atoms with Gasteiger partial charge in [-0.3, -0.25) is 4.79 Å². The van der Waals surface area contributed by atoms with Gasteiger partial charge in [-0.15, -0.1) is 0 Å². The first kappa shape index (κ1) is 16.9. The second kappa shape index (κ2) is 6.99. The van der Waals surface area contributed by atoms with Crippen molar-refractivity contribution in [2.45, 2.75) is 69.7 Å². The number of carbonyl (C=O) groups excluding carboxylic acids is 1. The Hall–Kier alpha value is -1.55. The molecule has 0 amide bonds. The van der Waals surface area contributed by atoms with Crippen molar-refractivity contribution >= 4 is 5.97 Å². The summed E-state index contributed by atoms with van der Waals surface area (Å²) in [5.41, 5.74) is 3.32. The molecule has 1 heterocycles. The molecule has 0 spiro atoms. The first-order chi connectivity index (χ1) is 12.2. The number of hydrogen-bond acceptors (Lipinski definition) is 4. The standard InChI is InChI=1S/C21H29NO3/c1-2-5-20(23)25-14-24-16-8-7-15-12-19-17-6-3-4-9-21(17,10-11-22-19)18(15)13-16/h7-8,13,17,19,22H,2-6,9-12,14H2,1H3/t17-,19-,21+/m1/s1. The van der Waals surface area contributed by atoms with Gasteiger partial charge in [0, 0.05) is 17.9 Å². The molecule has 3 aliphatic rings. The van der Waals surface area contributed by atoms with Gasteiger partial charge in [0.25, 0.3) is 0 Å². The van der Waals surface area contributed by atoms with Crippen LogP contribution in [0.4, 0.5) is 0 Å². The smallest absolute Gasteiger partial charge is 0.308 e. The van der Waals surface area contributed by atoms with Gasteiger partial charge in [0.15, 0.2) is 0 Å². The van der Waals surface area contributed by atoms with Crippen molar-refractivity contribution in [1.29, 1.82) is 0 Å². The van der Waals surface area contributed by atoms with E-state index in [4.69, 9.17) is 9.47 Å². The second-order valence-corrected chi connectivity index (χ2v) is 7.87. The van der Waals surface area contributed by atoms with Gasteiger partial charge < -0.3 is 14.8 Å². The van der Waals surface area contributed by atoms with E-state index in [1.807, 2.05) is 13.0 Å². The Morgan fingerprint density at radius 1 is 1.32 bits per heavy atom. The van der Waals surface area contributed by atoms with Crippen LogP contribution in [0.1, 0.15) is 63.0 Å². The maximum absolute atomic E-state index is 11.5. The van der Waals surface area contributed by atoms with Gasteiger partial charge in [-0.2, -0.15) is 0 Å². The van der Waals surface area contributed by atoms with Crippen LogP contribution < -0.4 is 10.1 Å². The number of rotatable bonds is 5. The summed E-state index contributed by atoms with van der Waals surface area (Å²) < 4.78 is 10.9. The molecule has 1 N–H and O–H groups in total. The van der Waals surface area contributed by atoms with Gasteiger partial charge in [0.05, 0.1) is 0 Å². The fourth-order valence-electron chi connectivity index (χ4n) is 5.43. The van der Waals surface area contributed by atoms with Crippen LogP contribution in [0.3, 0.4) is 0 Å². The van der Waals surface area contributed by atoms with Crippen molar-refractivity contribution in [2.24, 2.45) is 5.92 Å². The molecule has 4 heteroatoms. The minimum absolute atomic E-state index is 0.0121. The quantitative estimate of drug-likeness (QED) is 0.654. The van der Waals surface area contributed by atoms with Gasteiger partial charge in [0.1, 0.15) is 5.75 Å². The minimum atomic E-state index is -0.187. The van der Waals surface area contributed by atoms with Gasteiger partial charge >= 0.3 is 5.97 Å². The molecule has 1 aromatic rings. The lowest BCUT2D eigenvalue weighted by atomic mass is 9.53. The lowest BCUT2D eigenvalue weighted by molar-refractivity contribution is -0.150. The highest BCUT2D eigenvalue weighted by Gasteiger charge is 2.51. The average molecular weight is 343 g/mol. The largest absolute Gasteiger partial charge is 0.457 e. The topological polar surface area (TPSA) is 47.6 Å². The maximum Gasteiger partial charge on any atom is 0.308 e. The zero-order chi connectivity index (χ0) is 17.3. The molecular weight excluding hydrogens is 314 g/mol. The SMILES string of the molecule is CCCC(=O)OCOc1ccc2c(c1)[C@]13CCCC[C@@H]1[C@@H](C2)NCC3. The molecule has 2 fully saturated rings. The highest BCUT2D eigenvalue weighted by atomic mass is 16.7. The van der Waals surface area contributed by atoms with Crippen LogP contribution in [-0.4, -0.2) is 25.3 Å². The molecular formula is C21H29NO3. The van der Waals surface area contributed by atoms with Crippen molar-refractivity contribution in [3.8, 4) is 5.75 Å². The van der Waals surface area contributed by atoms with E-state index in [9.17, 15) is 4.79 Å². The van der Waals surface area contributed by atoms with Crippen molar-refractivity contribution in [3.63, 3.8) is 0 Å². The number of piperidine rings is 1. The number of esters is 1. The van der Waals surface area contributed by atoms with Gasteiger partial charge in [0.2, 0.25) is 6.79 Å². The Morgan fingerprint density at radius 2 is 2.24 bits per heavy atom. The third-order valence-corrected chi connectivity index (χ3v) is 6.52. The van der Waals surface area contributed by atoms with Gasteiger partial charge in [-0.1, -0.05) is 25.8 Å². The zero-order valence-electron chi connectivity index (χ0n) is 15.2. The zero-order valence-corrected chi connectivity index (χ0v) is 15.2. The van der Waals surface area contributed by atoms with E-state index in [1.54, 1.807) is 0 Å². The van der Waals surface area contributed by atoms with E-state index in [1.165, 1.54) is 43.2 Å². The predicted octanol–water partition coefficient (Wildman–Crippen LogP) is 3.71. The molecule has 0 radical (unpaired) electrons. The average Bonchev–Trinajstić information content (AvgIpc) is 2.62. The monoisotopic (exact) mass is 343 g/mol. The molecule has 136 valence electrons. The number of fused-ring (bicyclic) bond motifs is 1. The van der Waals surface area contributed by atoms with Crippen LogP contribution in [0.15, 0.2) is 18.2 Å². The first-order valence-corrected chi connectivity index (χ1v) is 9.88. The lowest BCUT2D eigenvalue weighted by Crippen LogP contribution is -2.59. The Morgan fingerprint density at radius 3 is 3.12 bits per heavy atom. The van der Waals surface area contributed by atoms with Crippen LogP contribution in [0, 0.1) is 5.92 Å². The summed E-state index contributed by atoms with van der Waals surface area (Å²) in [4.78, 5) is 11.5. The fraction of sp³-hybridized carbons (Fsp3) is 0.667. The minimum Gasteiger partial charge on any atom is -0.457 e. The van der Waals surface area contributed by atoms with Gasteiger partial charge in [-0.05, 0) is 67.8 Å². The first-order valence-electron chi connectivity index (χ1n) is 9.88. The summed E-state index contributed by atoms with van der Waals surface area (Å²) in [6, 6.07) is 7.14. The molecule has 2 bridgehead atoms. The normalized spacial score (nSPS) is 30.1. The molecule has 0 aromatic heterocycles. The molecule has 1 saturated heterocycles. The van der Waals surface area contributed by atoms with Crippen molar-refractivity contribution in [3.05, 3.63) is 29.3 Å². The molecule has 25 heavy (non-hydrogen) atoms. The van der Waals surface area contributed by atoms with Crippen LogP contribution in [0.25, 0.3) is 0 Å². The Balaban J connectivity index is 1.54. The maximum atomic E-state index is 11.5. The summed E-state index contributed by atoms with van der Waals surface area (Å²) in [7, 11) is 0. The molecule has 1 aromatic carbocycles. The highest BCUT2D eigenvalue weighted by Crippen LogP contribution is 2.54. The lowest BCUT2D eigenvalue weighted by Gasteiger charge is -2.56.